The van der Waals surface area contributed by atoms with Gasteiger partial charge in [0.25, 0.3) is 30.4 Å². The summed E-state index contributed by atoms with van der Waals surface area (Å²) >= 11 is 0. The fraction of sp³-hybridized carbons (Fsp3) is 0.317. The number of hydrogen-bond acceptors (Lipinski definition) is 16. The molecule has 4 aromatic rings. The van der Waals surface area contributed by atoms with E-state index in [1.807, 2.05) is 0 Å². The first-order valence-corrected chi connectivity index (χ1v) is 23.4. The SMILES string of the molecule is CC(C)(C)[O-].O=C1c2ccccc2C(=O)c2c(O)ccc(O)c21.O=C1c2ccccc2C(=O)c2c(OCCCS(=O)(=O)O)ccc(OCCCS(=O)(=O)O)c21.O=S1(=O)CCCO1.[K+]. The van der Waals surface area contributed by atoms with Gasteiger partial charge < -0.3 is 24.8 Å². The first kappa shape index (κ1) is 53.4. The molecule has 63 heavy (non-hydrogen) atoms. The molecule has 0 amide bonds. The molecule has 0 atom stereocenters. The summed E-state index contributed by atoms with van der Waals surface area (Å²) in [5.41, 5.74) is -0.252. The summed E-state index contributed by atoms with van der Waals surface area (Å²) in [7, 11) is -11.4. The Morgan fingerprint density at radius 3 is 1.19 bits per heavy atom. The van der Waals surface area contributed by atoms with Gasteiger partial charge in [-0.1, -0.05) is 69.3 Å². The molecule has 1 heterocycles. The minimum absolute atomic E-state index is 0. The van der Waals surface area contributed by atoms with Gasteiger partial charge in [-0.15, -0.1) is 5.60 Å². The Labute approximate surface area is 406 Å². The van der Waals surface area contributed by atoms with Gasteiger partial charge in [-0.05, 0) is 43.5 Å². The number of fused-ring (bicyclic) bond motifs is 4. The van der Waals surface area contributed by atoms with E-state index in [4.69, 9.17) is 18.6 Å². The molecule has 1 saturated heterocycles. The molecule has 0 unspecified atom stereocenters. The van der Waals surface area contributed by atoms with Crippen molar-refractivity contribution < 1.29 is 134 Å². The maximum absolute atomic E-state index is 13.1. The molecule has 7 rings (SSSR count). The van der Waals surface area contributed by atoms with Crippen molar-refractivity contribution in [1.29, 1.82) is 0 Å². The van der Waals surface area contributed by atoms with E-state index in [0.29, 0.717) is 13.0 Å². The fourth-order valence-electron chi connectivity index (χ4n) is 5.92. The van der Waals surface area contributed by atoms with E-state index in [0.717, 1.165) is 0 Å². The van der Waals surface area contributed by atoms with Crippen LogP contribution in [0, 0.1) is 0 Å². The Morgan fingerprint density at radius 1 is 0.619 bits per heavy atom. The van der Waals surface area contributed by atoms with Crippen LogP contribution in [0.4, 0.5) is 0 Å². The molecule has 4 N–H and O–H groups in total. The molecule has 0 spiro atoms. The van der Waals surface area contributed by atoms with Crippen LogP contribution in [0.3, 0.4) is 0 Å². The zero-order chi connectivity index (χ0) is 46.2. The Morgan fingerprint density at radius 2 is 0.937 bits per heavy atom. The quantitative estimate of drug-likeness (QED) is 0.0479. The van der Waals surface area contributed by atoms with Crippen molar-refractivity contribution in [1.82, 2.24) is 0 Å². The van der Waals surface area contributed by atoms with Crippen molar-refractivity contribution in [2.45, 2.75) is 45.6 Å². The Balaban J connectivity index is 0.000000282. The van der Waals surface area contributed by atoms with Crippen molar-refractivity contribution in [3.63, 3.8) is 0 Å². The molecule has 2 aliphatic carbocycles. The number of carbonyl (C=O) groups is 4. The number of phenols is 2. The van der Waals surface area contributed by atoms with Crippen LogP contribution in [0.5, 0.6) is 23.0 Å². The number of benzene rings is 4. The van der Waals surface area contributed by atoms with Crippen molar-refractivity contribution in [3.8, 4) is 23.0 Å². The average Bonchev–Trinajstić information content (AvgIpc) is 3.59. The van der Waals surface area contributed by atoms with Gasteiger partial charge in [0.1, 0.15) is 23.0 Å². The third kappa shape index (κ3) is 15.4. The van der Waals surface area contributed by atoms with E-state index in [2.05, 4.69) is 4.18 Å². The maximum atomic E-state index is 13.1. The van der Waals surface area contributed by atoms with Crippen LogP contribution < -0.4 is 66.0 Å². The molecule has 334 valence electrons. The predicted molar refractivity (Wildman–Crippen MR) is 220 cm³/mol. The van der Waals surface area contributed by atoms with Gasteiger partial charge in [0.15, 0.2) is 23.1 Å². The Hall–Kier alpha value is -3.91. The molecular weight excluding hydrogens is 916 g/mol. The predicted octanol–water partition coefficient (Wildman–Crippen LogP) is 0.534. The topological polar surface area (TPSA) is 302 Å². The van der Waals surface area contributed by atoms with E-state index >= 15 is 0 Å². The normalized spacial score (nSPS) is 14.6. The van der Waals surface area contributed by atoms with E-state index in [1.165, 1.54) is 48.5 Å². The summed E-state index contributed by atoms with van der Waals surface area (Å²) in [5.74, 6) is -3.21. The van der Waals surface area contributed by atoms with E-state index in [1.54, 1.807) is 45.0 Å². The van der Waals surface area contributed by atoms with E-state index in [-0.39, 0.29) is 151 Å². The molecule has 0 saturated carbocycles. The molecule has 4 aromatic carbocycles. The zero-order valence-electron chi connectivity index (χ0n) is 34.5. The number of aromatic hydroxyl groups is 2. The van der Waals surface area contributed by atoms with Crippen LogP contribution in [-0.2, 0) is 34.5 Å². The first-order chi connectivity index (χ1) is 28.8. The number of hydrogen-bond donors (Lipinski definition) is 4. The fourth-order valence-corrected chi connectivity index (χ4v) is 7.85. The average molecular weight is 959 g/mol. The molecule has 1 aliphatic heterocycles. The van der Waals surface area contributed by atoms with Crippen molar-refractivity contribution in [2.75, 3.05) is 37.1 Å². The van der Waals surface area contributed by atoms with Gasteiger partial charge in [0, 0.05) is 22.3 Å². The molecule has 18 nitrogen and oxygen atoms in total. The van der Waals surface area contributed by atoms with Crippen LogP contribution in [0.25, 0.3) is 0 Å². The third-order valence-electron chi connectivity index (χ3n) is 8.44. The third-order valence-corrected chi connectivity index (χ3v) is 11.4. The summed E-state index contributed by atoms with van der Waals surface area (Å²) < 4.78 is 97.0. The standard InChI is InChI=1S/C20H20O10S2.C14H8O4.C4H9O.C3H6O3S.K/c21-19-13-5-1-2-6-14(13)20(22)18-16(30-10-4-12-32(26,27)28)8-7-15(17(18)19)29-9-3-11-31(23,24)25;15-9-5-6-10(16)12-11(9)13(17)7-3-1-2-4-8(7)14(12)18;1-4(2,3)5;4-7(5)3-1-2-6-7;/h1-2,5-8H,3-4,9-12H2,(H,23,24,25)(H,26,27,28);1-6,15-16H;1-3H3;1-3H2;/q;;-1;;+1. The van der Waals surface area contributed by atoms with E-state index < -0.39 is 70.6 Å². The van der Waals surface area contributed by atoms with Gasteiger partial charge in [0.2, 0.25) is 0 Å². The largest absolute Gasteiger partial charge is 1.00 e. The second kappa shape index (κ2) is 22.3. The molecule has 0 radical (unpaired) electrons. The Bertz CT molecular complexity index is 2530. The van der Waals surface area contributed by atoms with Gasteiger partial charge in [-0.25, -0.2) is 0 Å². The molecule has 22 heteroatoms. The molecule has 0 aromatic heterocycles. The minimum atomic E-state index is -4.17. The number of carbonyl (C=O) groups excluding carboxylic acids is 4. The monoisotopic (exact) mass is 958 g/mol. The van der Waals surface area contributed by atoms with Crippen LogP contribution in [0.1, 0.15) is 104 Å². The summed E-state index contributed by atoms with van der Waals surface area (Å²) in [6, 6.07) is 17.8. The smallest absolute Gasteiger partial charge is 0.850 e. The summed E-state index contributed by atoms with van der Waals surface area (Å²) in [4.78, 5) is 50.7. The van der Waals surface area contributed by atoms with E-state index in [9.17, 15) is 59.8 Å². The summed E-state index contributed by atoms with van der Waals surface area (Å²) in [6.45, 7) is 5.00. The zero-order valence-corrected chi connectivity index (χ0v) is 40.1. The number of rotatable bonds is 10. The summed E-state index contributed by atoms with van der Waals surface area (Å²) in [5, 5.41) is 29.5. The van der Waals surface area contributed by atoms with Crippen LogP contribution in [-0.4, -0.2) is 110 Å². The number of phenolic OH excluding ortho intramolecular Hbond substituents is 2. The molecule has 1 fully saturated rings. The second-order valence-corrected chi connectivity index (χ2v) is 19.5. The van der Waals surface area contributed by atoms with Gasteiger partial charge in [0.05, 0.1) is 59.3 Å². The van der Waals surface area contributed by atoms with Crippen LogP contribution in [0.2, 0.25) is 0 Å². The summed E-state index contributed by atoms with van der Waals surface area (Å²) in [6.07, 6.45) is 0.572. The van der Waals surface area contributed by atoms with Gasteiger partial charge in [-0.2, -0.15) is 25.3 Å². The molecule has 0 bridgehead atoms. The van der Waals surface area contributed by atoms with Gasteiger partial charge >= 0.3 is 51.4 Å². The first-order valence-electron chi connectivity index (χ1n) is 18.6. The van der Waals surface area contributed by atoms with Crippen molar-refractivity contribution >= 4 is 53.5 Å². The molecular formula is C41H43KO18S3. The van der Waals surface area contributed by atoms with Crippen molar-refractivity contribution in [2.24, 2.45) is 0 Å². The maximum Gasteiger partial charge on any atom is 1.00 e. The van der Waals surface area contributed by atoms with Crippen LogP contribution in [0.15, 0.2) is 72.8 Å². The number of ether oxygens (including phenoxy) is 2. The van der Waals surface area contributed by atoms with Crippen LogP contribution >= 0.6 is 0 Å². The number of ketones is 4. The molecule has 3 aliphatic rings. The second-order valence-electron chi connectivity index (χ2n) is 14.6. The minimum Gasteiger partial charge on any atom is -0.850 e. The van der Waals surface area contributed by atoms with Crippen molar-refractivity contribution in [3.05, 3.63) is 117 Å². The van der Waals surface area contributed by atoms with Gasteiger partial charge in [-0.3, -0.25) is 32.5 Å². The Kier molecular flexibility index (Phi) is 18.9.